The van der Waals surface area contributed by atoms with Gasteiger partial charge in [0.25, 0.3) is 0 Å². The summed E-state index contributed by atoms with van der Waals surface area (Å²) in [4.78, 5) is 22.4. The second-order valence-corrected chi connectivity index (χ2v) is 11.9. The van der Waals surface area contributed by atoms with Crippen molar-refractivity contribution < 1.29 is 22.7 Å². The molecule has 12 heteroatoms. The van der Waals surface area contributed by atoms with Gasteiger partial charge in [-0.2, -0.15) is 4.99 Å². The Bertz CT molecular complexity index is 1870. The number of aryl methyl sites for hydroxylation is 4. The fourth-order valence-electron chi connectivity index (χ4n) is 5.25. The first-order valence-corrected chi connectivity index (χ1v) is 15.2. The lowest BCUT2D eigenvalue weighted by Gasteiger charge is -2.21. The van der Waals surface area contributed by atoms with E-state index in [4.69, 9.17) is 0 Å². The smallest absolute Gasteiger partial charge is 0.406 e. The van der Waals surface area contributed by atoms with E-state index in [1.54, 1.807) is 0 Å². The van der Waals surface area contributed by atoms with E-state index in [1.165, 1.54) is 52.2 Å². The number of ether oxygens (including phenoxy) is 1. The van der Waals surface area contributed by atoms with Gasteiger partial charge in [-0.05, 0) is 75.6 Å². The van der Waals surface area contributed by atoms with Crippen LogP contribution in [0.25, 0.3) is 22.8 Å². The molecule has 0 bridgehead atoms. The number of carbonyl (C=O) groups is 1. The molecule has 2 heterocycles. The molecule has 2 amide bonds. The highest BCUT2D eigenvalue weighted by molar-refractivity contribution is 7.07. The number of urea groups is 1. The minimum atomic E-state index is -4.75. The molecule has 0 aliphatic rings. The number of aromatic nitrogens is 4. The molecule has 2 atom stereocenters. The van der Waals surface area contributed by atoms with Gasteiger partial charge >= 0.3 is 12.4 Å². The number of nitrogens with one attached hydrogen (secondary N) is 1. The molecular weight excluding hydrogens is 601 g/mol. The molecule has 1 N–H and O–H groups in total. The van der Waals surface area contributed by atoms with Crippen LogP contribution in [0.3, 0.4) is 0 Å². The molecule has 2 aromatic heterocycles. The zero-order valence-electron chi connectivity index (χ0n) is 25.7. The van der Waals surface area contributed by atoms with Crippen molar-refractivity contribution in [3.63, 3.8) is 0 Å². The molecule has 0 spiro atoms. The first kappa shape index (κ1) is 31.7. The van der Waals surface area contributed by atoms with Gasteiger partial charge in [-0.1, -0.05) is 48.9 Å². The number of amides is 2. The van der Waals surface area contributed by atoms with Crippen LogP contribution in [0, 0.1) is 27.7 Å². The summed E-state index contributed by atoms with van der Waals surface area (Å²) in [5.41, 5.74) is 7.81. The highest BCUT2D eigenvalue weighted by Crippen LogP contribution is 2.26. The SMILES string of the molecule is Cc1cc(C)c(-n2c(C)csc2=NC(=O)NC(C)C(C)c2ccc(-c3ncn(-c4ccc(OC(F)(F)F)cc4)n3)cc2)c(C)c1. The summed E-state index contributed by atoms with van der Waals surface area (Å²) in [5.74, 6) is 0.136. The van der Waals surface area contributed by atoms with Crippen molar-refractivity contribution in [3.8, 4) is 28.5 Å². The Morgan fingerprint density at radius 2 is 1.62 bits per heavy atom. The van der Waals surface area contributed by atoms with Gasteiger partial charge in [0, 0.05) is 28.6 Å². The maximum Gasteiger partial charge on any atom is 0.573 e. The van der Waals surface area contributed by atoms with Crippen LogP contribution in [0.15, 0.2) is 77.4 Å². The summed E-state index contributed by atoms with van der Waals surface area (Å²) in [5, 5.41) is 9.49. The Morgan fingerprint density at radius 1 is 0.978 bits per heavy atom. The van der Waals surface area contributed by atoms with Gasteiger partial charge in [-0.15, -0.1) is 29.6 Å². The van der Waals surface area contributed by atoms with E-state index in [9.17, 15) is 18.0 Å². The van der Waals surface area contributed by atoms with E-state index >= 15 is 0 Å². The van der Waals surface area contributed by atoms with Crippen LogP contribution in [0.5, 0.6) is 5.75 Å². The van der Waals surface area contributed by atoms with Crippen molar-refractivity contribution in [1.82, 2.24) is 24.6 Å². The highest BCUT2D eigenvalue weighted by Gasteiger charge is 2.31. The van der Waals surface area contributed by atoms with E-state index < -0.39 is 12.4 Å². The lowest BCUT2D eigenvalue weighted by Crippen LogP contribution is -2.35. The second-order valence-electron chi connectivity index (χ2n) is 11.1. The molecule has 45 heavy (non-hydrogen) atoms. The van der Waals surface area contributed by atoms with E-state index in [0.29, 0.717) is 16.3 Å². The van der Waals surface area contributed by atoms with Crippen molar-refractivity contribution in [2.75, 3.05) is 0 Å². The third-order valence-electron chi connectivity index (χ3n) is 7.56. The number of alkyl halides is 3. The molecule has 0 aliphatic heterocycles. The number of hydrogen-bond acceptors (Lipinski definition) is 5. The maximum atomic E-state index is 13.1. The molecule has 0 saturated heterocycles. The second kappa shape index (κ2) is 12.7. The van der Waals surface area contributed by atoms with Crippen molar-refractivity contribution in [2.45, 2.75) is 59.9 Å². The van der Waals surface area contributed by atoms with Gasteiger partial charge in [0.2, 0.25) is 0 Å². The van der Waals surface area contributed by atoms with Gasteiger partial charge in [0.15, 0.2) is 10.6 Å². The summed E-state index contributed by atoms with van der Waals surface area (Å²) < 4.78 is 44.8. The lowest BCUT2D eigenvalue weighted by atomic mass is 9.93. The molecule has 234 valence electrons. The zero-order chi connectivity index (χ0) is 32.5. The minimum Gasteiger partial charge on any atom is -0.406 e. The summed E-state index contributed by atoms with van der Waals surface area (Å²) in [6, 6.07) is 16.7. The van der Waals surface area contributed by atoms with Crippen molar-refractivity contribution in [3.05, 3.63) is 105 Å². The molecule has 2 unspecified atom stereocenters. The molecule has 5 rings (SSSR count). The average molecular weight is 635 g/mol. The van der Waals surface area contributed by atoms with Crippen LogP contribution >= 0.6 is 11.3 Å². The standard InChI is InChI=1S/C33H33F3N6O2S/c1-19-15-20(2)29(21(3)16-19)42-22(4)17-45-32(42)39-31(43)38-24(6)23(5)25-7-9-26(10-8-25)30-37-18-41(40-30)27-11-13-28(14-12-27)44-33(34,35)36/h7-18,23-24H,1-6H3,(H,38,43). The molecule has 3 aromatic carbocycles. The maximum absolute atomic E-state index is 13.1. The molecule has 0 aliphatic carbocycles. The predicted molar refractivity (Wildman–Crippen MR) is 168 cm³/mol. The number of benzene rings is 3. The third-order valence-corrected chi connectivity index (χ3v) is 8.50. The monoisotopic (exact) mass is 634 g/mol. The fourth-order valence-corrected chi connectivity index (χ4v) is 6.11. The Labute approximate surface area is 262 Å². The topological polar surface area (TPSA) is 86.3 Å². The van der Waals surface area contributed by atoms with Gasteiger partial charge in [-0.25, -0.2) is 14.5 Å². The Balaban J connectivity index is 1.26. The van der Waals surface area contributed by atoms with Crippen molar-refractivity contribution in [1.29, 1.82) is 0 Å². The molecule has 0 saturated carbocycles. The van der Waals surface area contributed by atoms with E-state index in [-0.39, 0.29) is 17.7 Å². The summed E-state index contributed by atoms with van der Waals surface area (Å²) in [6.45, 7) is 12.2. The predicted octanol–water partition coefficient (Wildman–Crippen LogP) is 7.72. The number of thiazole rings is 1. The van der Waals surface area contributed by atoms with E-state index in [2.05, 4.69) is 58.0 Å². The summed E-state index contributed by atoms with van der Waals surface area (Å²) in [7, 11) is 0. The molecular formula is C33H33F3N6O2S. The van der Waals surface area contributed by atoms with Crippen LogP contribution in [0.1, 0.15) is 47.7 Å². The van der Waals surface area contributed by atoms with Crippen LogP contribution in [-0.4, -0.2) is 37.8 Å². The molecule has 8 nitrogen and oxygen atoms in total. The van der Waals surface area contributed by atoms with Gasteiger partial charge in [0.05, 0.1) is 11.4 Å². The van der Waals surface area contributed by atoms with E-state index in [0.717, 1.165) is 33.6 Å². The van der Waals surface area contributed by atoms with Crippen LogP contribution in [-0.2, 0) is 0 Å². The first-order chi connectivity index (χ1) is 21.3. The number of carbonyl (C=O) groups excluding carboxylic acids is 1. The largest absolute Gasteiger partial charge is 0.573 e. The minimum absolute atomic E-state index is 0.0140. The number of halogens is 3. The first-order valence-electron chi connectivity index (χ1n) is 14.3. The summed E-state index contributed by atoms with van der Waals surface area (Å²) >= 11 is 1.43. The highest BCUT2D eigenvalue weighted by atomic mass is 32.1. The zero-order valence-corrected chi connectivity index (χ0v) is 26.5. The Kier molecular flexibility index (Phi) is 8.96. The van der Waals surface area contributed by atoms with Crippen molar-refractivity contribution in [2.24, 2.45) is 4.99 Å². The fraction of sp³-hybridized carbons (Fsp3) is 0.273. The van der Waals surface area contributed by atoms with Gasteiger partial charge in [-0.3, -0.25) is 4.57 Å². The quantitative estimate of drug-likeness (QED) is 0.199. The molecule has 5 aromatic rings. The third kappa shape index (κ3) is 7.34. The van der Waals surface area contributed by atoms with Gasteiger partial charge in [0.1, 0.15) is 12.1 Å². The summed E-state index contributed by atoms with van der Waals surface area (Å²) in [6.07, 6.45) is -3.26. The molecule has 0 radical (unpaired) electrons. The Hall–Kier alpha value is -4.71. The number of nitrogens with zero attached hydrogens (tertiary/aromatic N) is 5. The van der Waals surface area contributed by atoms with Crippen LogP contribution in [0.2, 0.25) is 0 Å². The van der Waals surface area contributed by atoms with Gasteiger partial charge < -0.3 is 10.1 Å². The van der Waals surface area contributed by atoms with Crippen molar-refractivity contribution >= 4 is 17.4 Å². The normalized spacial score (nSPS) is 13.5. The lowest BCUT2D eigenvalue weighted by molar-refractivity contribution is -0.274. The average Bonchev–Trinajstić information content (AvgIpc) is 3.59. The Morgan fingerprint density at radius 3 is 2.24 bits per heavy atom. The van der Waals surface area contributed by atoms with E-state index in [1.807, 2.05) is 55.0 Å². The number of rotatable bonds is 7. The van der Waals surface area contributed by atoms with Crippen LogP contribution in [0.4, 0.5) is 18.0 Å². The number of hydrogen-bond donors (Lipinski definition) is 1. The molecule has 0 fully saturated rings. The van der Waals surface area contributed by atoms with Crippen LogP contribution < -0.4 is 14.9 Å².